The molecule has 3 rings (SSSR count). The molecule has 7 heteroatoms. The van der Waals surface area contributed by atoms with Gasteiger partial charge in [0.25, 0.3) is 0 Å². The van der Waals surface area contributed by atoms with Crippen LogP contribution in [0.25, 0.3) is 11.6 Å². The summed E-state index contributed by atoms with van der Waals surface area (Å²) in [6.07, 6.45) is 3.26. The topological polar surface area (TPSA) is 83.6 Å². The van der Waals surface area contributed by atoms with Gasteiger partial charge in [-0.15, -0.1) is 0 Å². The van der Waals surface area contributed by atoms with Crippen LogP contribution in [0.15, 0.2) is 53.7 Å². The number of ether oxygens (including phenoxy) is 1. The smallest absolute Gasteiger partial charge is 0.221 e. The predicted molar refractivity (Wildman–Crippen MR) is 121 cm³/mol. The maximum absolute atomic E-state index is 14.7. The molecule has 0 atom stereocenters. The largest absolute Gasteiger partial charge is 0.494 e. The number of nitrogens with one attached hydrogen (secondary N) is 2. The summed E-state index contributed by atoms with van der Waals surface area (Å²) in [7, 11) is 1.34. The van der Waals surface area contributed by atoms with Gasteiger partial charge in [0.1, 0.15) is 5.82 Å². The van der Waals surface area contributed by atoms with Crippen LogP contribution in [0.2, 0.25) is 0 Å². The van der Waals surface area contributed by atoms with Gasteiger partial charge in [-0.1, -0.05) is 18.2 Å². The van der Waals surface area contributed by atoms with Gasteiger partial charge in [-0.25, -0.2) is 9.38 Å². The van der Waals surface area contributed by atoms with Gasteiger partial charge in [-0.3, -0.25) is 9.59 Å². The Morgan fingerprint density at radius 3 is 2.58 bits per heavy atom. The second-order valence-corrected chi connectivity index (χ2v) is 6.86. The van der Waals surface area contributed by atoms with Crippen LogP contribution in [-0.4, -0.2) is 30.5 Å². The first kappa shape index (κ1) is 21.7. The summed E-state index contributed by atoms with van der Waals surface area (Å²) >= 11 is 0. The first-order valence-corrected chi connectivity index (χ1v) is 9.47. The third-order valence-electron chi connectivity index (χ3n) is 4.73. The Bertz CT molecular complexity index is 1190. The van der Waals surface area contributed by atoms with Crippen molar-refractivity contribution in [1.82, 2.24) is 4.98 Å². The average molecular weight is 419 g/mol. The highest BCUT2D eigenvalue weighted by molar-refractivity contribution is 6.13. The molecule has 6 nitrogen and oxygen atoms in total. The van der Waals surface area contributed by atoms with Crippen molar-refractivity contribution in [2.45, 2.75) is 13.8 Å². The molecule has 0 saturated heterocycles. The number of amides is 1. The van der Waals surface area contributed by atoms with Crippen molar-refractivity contribution in [1.29, 1.82) is 0 Å². The summed E-state index contributed by atoms with van der Waals surface area (Å²) in [5.41, 5.74) is 2.96. The molecular formula is C24H22FN3O3. The maximum Gasteiger partial charge on any atom is 0.221 e. The second kappa shape index (κ2) is 9.21. The standard InChI is InChI=1S/C24H22FN3O3/c1-14(16-7-5-8-17(12-16)28-15(2)29)11-19-20(13-27-24(19)26-3)23(30)18-9-6-10-21(31-4)22(18)25/h5-13,27H,3H2,1-2,4H3,(H,28,29)/b14-11+. The van der Waals surface area contributed by atoms with E-state index in [1.54, 1.807) is 18.2 Å². The Morgan fingerprint density at radius 1 is 1.16 bits per heavy atom. The Hall–Kier alpha value is -4.00. The number of rotatable bonds is 7. The van der Waals surface area contributed by atoms with Gasteiger partial charge in [-0.05, 0) is 55.1 Å². The van der Waals surface area contributed by atoms with Crippen molar-refractivity contribution < 1.29 is 18.7 Å². The van der Waals surface area contributed by atoms with E-state index in [1.807, 2.05) is 25.1 Å². The lowest BCUT2D eigenvalue weighted by atomic mass is 9.98. The fourth-order valence-corrected chi connectivity index (χ4v) is 3.22. The molecule has 0 aliphatic carbocycles. The van der Waals surface area contributed by atoms with Crippen molar-refractivity contribution in [3.05, 3.63) is 76.7 Å². The van der Waals surface area contributed by atoms with Crippen LogP contribution >= 0.6 is 0 Å². The summed E-state index contributed by atoms with van der Waals surface area (Å²) in [6, 6.07) is 11.7. The van der Waals surface area contributed by atoms with Gasteiger partial charge in [0.15, 0.2) is 17.3 Å². The van der Waals surface area contributed by atoms with E-state index in [2.05, 4.69) is 22.0 Å². The number of methoxy groups -OCH3 is 1. The number of nitrogens with zero attached hydrogens (tertiary/aromatic N) is 1. The van der Waals surface area contributed by atoms with E-state index < -0.39 is 11.6 Å². The minimum absolute atomic E-state index is 0.00786. The zero-order valence-corrected chi connectivity index (χ0v) is 17.5. The lowest BCUT2D eigenvalue weighted by molar-refractivity contribution is -0.114. The van der Waals surface area contributed by atoms with Gasteiger partial charge >= 0.3 is 0 Å². The molecule has 158 valence electrons. The third-order valence-corrected chi connectivity index (χ3v) is 4.73. The van der Waals surface area contributed by atoms with Crippen LogP contribution in [0.3, 0.4) is 0 Å². The van der Waals surface area contributed by atoms with Crippen LogP contribution < -0.4 is 10.1 Å². The van der Waals surface area contributed by atoms with Gasteiger partial charge in [0.2, 0.25) is 5.91 Å². The van der Waals surface area contributed by atoms with E-state index in [0.29, 0.717) is 17.1 Å². The number of carbonyl (C=O) groups is 2. The van der Waals surface area contributed by atoms with Crippen molar-refractivity contribution in [3.63, 3.8) is 0 Å². The van der Waals surface area contributed by atoms with E-state index in [-0.39, 0.29) is 22.8 Å². The van der Waals surface area contributed by atoms with Gasteiger partial charge in [0.05, 0.1) is 12.7 Å². The van der Waals surface area contributed by atoms with Crippen LogP contribution in [-0.2, 0) is 4.79 Å². The normalized spacial score (nSPS) is 11.2. The molecule has 0 saturated carbocycles. The molecule has 1 amide bonds. The number of anilines is 1. The Balaban J connectivity index is 2.05. The number of halogens is 1. The third kappa shape index (κ3) is 4.61. The van der Waals surface area contributed by atoms with E-state index in [1.165, 1.54) is 32.4 Å². The molecule has 0 fully saturated rings. The van der Waals surface area contributed by atoms with Crippen molar-refractivity contribution in [2.24, 2.45) is 4.99 Å². The molecule has 0 unspecified atom stereocenters. The minimum atomic E-state index is -0.723. The van der Waals surface area contributed by atoms with Crippen molar-refractivity contribution in [2.75, 3.05) is 12.4 Å². The number of aromatic amines is 1. The zero-order valence-electron chi connectivity index (χ0n) is 17.5. The van der Waals surface area contributed by atoms with Crippen LogP contribution in [0.5, 0.6) is 5.75 Å². The number of hydrogen-bond acceptors (Lipinski definition) is 4. The summed E-state index contributed by atoms with van der Waals surface area (Å²) in [5.74, 6) is -1.01. The Labute approximate surface area is 179 Å². The lowest BCUT2D eigenvalue weighted by Crippen LogP contribution is -2.06. The molecule has 0 aliphatic rings. The van der Waals surface area contributed by atoms with Crippen LogP contribution in [0.1, 0.15) is 40.9 Å². The Kier molecular flexibility index (Phi) is 6.45. The van der Waals surface area contributed by atoms with E-state index in [9.17, 15) is 14.0 Å². The highest BCUT2D eigenvalue weighted by Crippen LogP contribution is 2.31. The van der Waals surface area contributed by atoms with Gasteiger partial charge in [0, 0.05) is 29.9 Å². The van der Waals surface area contributed by atoms with E-state index in [0.717, 1.165) is 11.1 Å². The molecule has 2 N–H and O–H groups in total. The lowest BCUT2D eigenvalue weighted by Gasteiger charge is -2.08. The molecule has 31 heavy (non-hydrogen) atoms. The average Bonchev–Trinajstić information content (AvgIpc) is 3.15. The molecule has 0 aliphatic heterocycles. The summed E-state index contributed by atoms with van der Waals surface area (Å²) < 4.78 is 19.6. The minimum Gasteiger partial charge on any atom is -0.494 e. The number of ketones is 1. The molecule has 0 radical (unpaired) electrons. The number of hydrogen-bond donors (Lipinski definition) is 2. The Morgan fingerprint density at radius 2 is 1.90 bits per heavy atom. The summed E-state index contributed by atoms with van der Waals surface area (Å²) in [5, 5.41) is 2.74. The number of aromatic nitrogens is 1. The van der Waals surface area contributed by atoms with Crippen molar-refractivity contribution in [3.8, 4) is 5.75 Å². The SMILES string of the molecule is C=Nc1[nH]cc(C(=O)c2cccc(OC)c2F)c1/C=C(\C)c1cccc(NC(C)=O)c1. The fraction of sp³-hybridized carbons (Fsp3) is 0.125. The van der Waals surface area contributed by atoms with Crippen LogP contribution in [0, 0.1) is 5.82 Å². The highest BCUT2D eigenvalue weighted by atomic mass is 19.1. The number of carbonyl (C=O) groups excluding carboxylic acids is 2. The number of allylic oxidation sites excluding steroid dienone is 1. The monoisotopic (exact) mass is 419 g/mol. The highest BCUT2D eigenvalue weighted by Gasteiger charge is 2.22. The molecule has 3 aromatic rings. The molecule has 0 spiro atoms. The van der Waals surface area contributed by atoms with Crippen LogP contribution in [0.4, 0.5) is 15.9 Å². The first-order valence-electron chi connectivity index (χ1n) is 9.47. The van der Waals surface area contributed by atoms with Crippen molar-refractivity contribution >= 4 is 41.6 Å². The number of H-pyrrole nitrogens is 1. The maximum atomic E-state index is 14.7. The second-order valence-electron chi connectivity index (χ2n) is 6.86. The summed E-state index contributed by atoms with van der Waals surface area (Å²) in [4.78, 5) is 31.3. The number of aliphatic imine (C=N–C) groups is 1. The molecular weight excluding hydrogens is 397 g/mol. The predicted octanol–water partition coefficient (Wildman–Crippen LogP) is 5.24. The molecule has 2 aromatic carbocycles. The van der Waals surface area contributed by atoms with E-state index in [4.69, 9.17) is 4.74 Å². The quantitative estimate of drug-likeness (QED) is 0.406. The molecule has 1 heterocycles. The summed E-state index contributed by atoms with van der Waals surface area (Å²) in [6.45, 7) is 6.85. The first-order chi connectivity index (χ1) is 14.8. The van der Waals surface area contributed by atoms with Gasteiger partial charge < -0.3 is 15.0 Å². The van der Waals surface area contributed by atoms with Gasteiger partial charge in [-0.2, -0.15) is 0 Å². The fourth-order valence-electron chi connectivity index (χ4n) is 3.22. The molecule has 1 aromatic heterocycles. The molecule has 0 bridgehead atoms. The number of benzene rings is 2. The zero-order chi connectivity index (χ0) is 22.5. The van der Waals surface area contributed by atoms with E-state index >= 15 is 0 Å².